The number of hydrogen-bond donors (Lipinski definition) is 0. The molecule has 0 aromatic heterocycles. The van der Waals surface area contributed by atoms with Crippen molar-refractivity contribution in [3.63, 3.8) is 0 Å². The Hall–Kier alpha value is -5.58. The number of nitro benzene ring substituents is 1. The highest BCUT2D eigenvalue weighted by Crippen LogP contribution is 2.25. The summed E-state index contributed by atoms with van der Waals surface area (Å²) in [4.78, 5) is 21.4. The quantitative estimate of drug-likeness (QED) is 0.326. The first kappa shape index (κ1) is 23.5. The zero-order valence-corrected chi connectivity index (χ0v) is 16.0. The van der Waals surface area contributed by atoms with E-state index in [1.807, 2.05) is 0 Å². The molecule has 1 aromatic carbocycles. The van der Waals surface area contributed by atoms with Crippen molar-refractivity contribution in [2.24, 2.45) is 0 Å². The molecule has 6 heteroatoms. The molecule has 0 spiro atoms. The second kappa shape index (κ2) is 14.5. The molecule has 0 aliphatic carbocycles. The number of hydrogen-bond acceptors (Lipinski definition) is 4. The smallest absolute Gasteiger partial charge is 0.270 e. The minimum Gasteiger partial charge on any atom is -0.406 e. The van der Waals surface area contributed by atoms with Crippen molar-refractivity contribution in [3.05, 3.63) is 33.9 Å². The van der Waals surface area contributed by atoms with Crippen molar-refractivity contribution in [2.45, 2.75) is 0 Å². The van der Waals surface area contributed by atoms with E-state index in [0.717, 1.165) is 12.1 Å². The molecule has 140 valence electrons. The minimum absolute atomic E-state index is 0.0370. The fraction of sp³-hybridized carbons (Fsp3) is 0. The van der Waals surface area contributed by atoms with Gasteiger partial charge in [0.2, 0.25) is 0 Å². The molecule has 1 rings (SSSR count). The lowest BCUT2D eigenvalue weighted by Crippen LogP contribution is -1.97. The maximum atomic E-state index is 11.3. The molecule has 1 aromatic rings. The van der Waals surface area contributed by atoms with Gasteiger partial charge in [-0.15, -0.1) is 6.42 Å². The maximum absolute atomic E-state index is 11.3. The van der Waals surface area contributed by atoms with E-state index in [-0.39, 0.29) is 17.0 Å². The van der Waals surface area contributed by atoms with E-state index < -0.39 is 10.2 Å². The van der Waals surface area contributed by atoms with E-state index >= 15 is 0 Å². The number of carbonyl (C=O) groups excluding carboxylic acids is 1. The van der Waals surface area contributed by atoms with Crippen molar-refractivity contribution in [1.29, 1.82) is 0 Å². The van der Waals surface area contributed by atoms with Crippen molar-refractivity contribution in [1.82, 2.24) is 0 Å². The number of terminal acetylenes is 1. The van der Waals surface area contributed by atoms with E-state index in [9.17, 15) is 14.9 Å². The summed E-state index contributed by atoms with van der Waals surface area (Å²) in [5.74, 6) is 38.2. The largest absolute Gasteiger partial charge is 0.406 e. The van der Waals surface area contributed by atoms with Crippen LogP contribution >= 0.6 is 11.6 Å². The molecule has 0 aliphatic rings. The lowest BCUT2D eigenvalue weighted by molar-refractivity contribution is -0.384. The standard InChI is InChI=1S/C25H4ClNO4/c1-2-3-4-5-6-7-8-9-10-11-12-13-14-15-16-17-20-31-24-19-18-22(27(29)30)21-23(24)25(26)28/h1,18-19,21H. The van der Waals surface area contributed by atoms with E-state index in [0.29, 0.717) is 0 Å². The number of ether oxygens (including phenoxy) is 1. The Morgan fingerprint density at radius 3 is 1.71 bits per heavy atom. The van der Waals surface area contributed by atoms with Gasteiger partial charge in [0.05, 0.1) is 10.5 Å². The zero-order chi connectivity index (χ0) is 22.7. The summed E-state index contributed by atoms with van der Waals surface area (Å²) in [6.07, 6.45) is 7.13. The van der Waals surface area contributed by atoms with Crippen molar-refractivity contribution >= 4 is 22.5 Å². The van der Waals surface area contributed by atoms with Crippen LogP contribution in [0.2, 0.25) is 0 Å². The van der Waals surface area contributed by atoms with Crippen LogP contribution in [0.1, 0.15) is 10.4 Å². The predicted octanol–water partition coefficient (Wildman–Crippen LogP) is 1.97. The molecule has 5 nitrogen and oxygen atoms in total. The van der Waals surface area contributed by atoms with Gasteiger partial charge >= 0.3 is 0 Å². The monoisotopic (exact) mass is 417 g/mol. The molecule has 0 unspecified atom stereocenters. The van der Waals surface area contributed by atoms with E-state index in [4.69, 9.17) is 22.8 Å². The van der Waals surface area contributed by atoms with Gasteiger partial charge in [0.15, 0.2) is 5.75 Å². The number of halogens is 1. The van der Waals surface area contributed by atoms with Gasteiger partial charge in [-0.25, -0.2) is 0 Å². The SMILES string of the molecule is C#CC#CC#CC#CC#CC#CC#CC#CC#COc1ccc([N+](=O)[O-])cc1C(=O)Cl. The molecule has 0 radical (unpaired) electrons. The average Bonchev–Trinajstić information content (AvgIpc) is 2.75. The second-order valence-corrected chi connectivity index (χ2v) is 4.78. The molecule has 0 amide bonds. The van der Waals surface area contributed by atoms with Crippen molar-refractivity contribution < 1.29 is 14.5 Å². The van der Waals surface area contributed by atoms with Crippen LogP contribution in [0.3, 0.4) is 0 Å². The third-order valence-corrected chi connectivity index (χ3v) is 2.75. The number of nitrogens with zero attached hydrogens (tertiary/aromatic N) is 1. The van der Waals surface area contributed by atoms with Gasteiger partial charge in [0.1, 0.15) is 6.11 Å². The van der Waals surface area contributed by atoms with Crippen LogP contribution in [0.5, 0.6) is 5.75 Å². The molecule has 0 heterocycles. The van der Waals surface area contributed by atoms with Crippen LogP contribution in [0.15, 0.2) is 18.2 Å². The number of non-ortho nitro benzene ring substituents is 1. The maximum Gasteiger partial charge on any atom is 0.270 e. The topological polar surface area (TPSA) is 69.4 Å². The third kappa shape index (κ3) is 10.4. The van der Waals surface area contributed by atoms with Gasteiger partial charge < -0.3 is 4.74 Å². The number of nitro groups is 1. The molecule has 0 atom stereocenters. The van der Waals surface area contributed by atoms with Crippen LogP contribution in [0.4, 0.5) is 5.69 Å². The third-order valence-electron chi connectivity index (χ3n) is 2.54. The number of rotatable bonds is 3. The van der Waals surface area contributed by atoms with Gasteiger partial charge in [-0.05, 0) is 65.0 Å². The van der Waals surface area contributed by atoms with E-state index in [1.54, 1.807) is 0 Å². The lowest BCUT2D eigenvalue weighted by Gasteiger charge is -2.01. The Bertz CT molecular complexity index is 1470. The van der Waals surface area contributed by atoms with E-state index in [2.05, 4.69) is 101 Å². The molecular weight excluding hydrogens is 414 g/mol. The molecule has 31 heavy (non-hydrogen) atoms. The molecule has 0 saturated heterocycles. The molecule has 0 bridgehead atoms. The lowest BCUT2D eigenvalue weighted by atomic mass is 10.2. The molecular formula is C25H4ClNO4. The molecule has 0 aliphatic heterocycles. The Kier molecular flexibility index (Phi) is 11.0. The summed E-state index contributed by atoms with van der Waals surface area (Å²) in [6, 6.07) is 3.34. The first-order chi connectivity index (χ1) is 15.1. The molecule has 0 fully saturated rings. The minimum atomic E-state index is -0.924. The van der Waals surface area contributed by atoms with Crippen LogP contribution in [-0.4, -0.2) is 10.2 Å². The van der Waals surface area contributed by atoms with Gasteiger partial charge in [0, 0.05) is 59.5 Å². The van der Waals surface area contributed by atoms with Crippen LogP contribution in [0.25, 0.3) is 0 Å². The van der Waals surface area contributed by atoms with Gasteiger partial charge in [-0.1, -0.05) is 0 Å². The Balaban J connectivity index is 2.65. The van der Waals surface area contributed by atoms with Gasteiger partial charge in [0.25, 0.3) is 10.9 Å². The summed E-state index contributed by atoms with van der Waals surface area (Å²) in [5, 5.41) is 9.80. The highest BCUT2D eigenvalue weighted by Gasteiger charge is 2.16. The predicted molar refractivity (Wildman–Crippen MR) is 115 cm³/mol. The normalized spacial score (nSPS) is 6.45. The highest BCUT2D eigenvalue weighted by molar-refractivity contribution is 6.68. The Labute approximate surface area is 184 Å². The first-order valence-electron chi connectivity index (χ1n) is 7.67. The average molecular weight is 418 g/mol. The second-order valence-electron chi connectivity index (χ2n) is 4.43. The van der Waals surface area contributed by atoms with Crippen LogP contribution in [0, 0.1) is 117 Å². The fourth-order valence-corrected chi connectivity index (χ4v) is 1.57. The summed E-state index contributed by atoms with van der Waals surface area (Å²) in [6.45, 7) is 0. The van der Waals surface area contributed by atoms with Crippen LogP contribution < -0.4 is 4.74 Å². The summed E-state index contributed by atoms with van der Waals surface area (Å²) in [7, 11) is 0. The summed E-state index contributed by atoms with van der Waals surface area (Å²) in [5.41, 5.74) is -0.500. The molecule has 0 N–H and O–H groups in total. The van der Waals surface area contributed by atoms with Gasteiger partial charge in [-0.2, -0.15) is 0 Å². The zero-order valence-electron chi connectivity index (χ0n) is 15.3. The van der Waals surface area contributed by atoms with E-state index in [1.165, 1.54) is 6.07 Å². The van der Waals surface area contributed by atoms with Crippen LogP contribution in [-0.2, 0) is 0 Å². The fourth-order valence-electron chi connectivity index (χ4n) is 1.42. The Morgan fingerprint density at radius 2 is 1.29 bits per heavy atom. The Morgan fingerprint density at radius 1 is 0.839 bits per heavy atom. The summed E-state index contributed by atoms with van der Waals surface area (Å²) >= 11 is 5.38. The number of carbonyl (C=O) groups is 1. The summed E-state index contributed by atoms with van der Waals surface area (Å²) < 4.78 is 5.03. The first-order valence-corrected chi connectivity index (χ1v) is 8.04. The van der Waals surface area contributed by atoms with Gasteiger partial charge in [-0.3, -0.25) is 14.9 Å². The molecule has 0 saturated carbocycles. The number of benzene rings is 1. The van der Waals surface area contributed by atoms with Crippen molar-refractivity contribution in [2.75, 3.05) is 0 Å². The highest BCUT2D eigenvalue weighted by atomic mass is 35.5. The van der Waals surface area contributed by atoms with Crippen molar-refractivity contribution in [3.8, 4) is 113 Å².